The van der Waals surface area contributed by atoms with E-state index in [1.54, 1.807) is 23.3 Å². The maximum Gasteiger partial charge on any atom is 0.275 e. The lowest BCUT2D eigenvalue weighted by atomic mass is 9.91. The third-order valence-corrected chi connectivity index (χ3v) is 8.00. The molecular formula is C26H31N3O3S. The molecule has 1 unspecified atom stereocenters. The van der Waals surface area contributed by atoms with E-state index in [9.17, 15) is 9.59 Å². The number of thiophene rings is 1. The molecule has 1 atom stereocenters. The number of fused-ring (bicyclic) bond motifs is 3. The minimum absolute atomic E-state index is 0.0908. The van der Waals surface area contributed by atoms with Crippen LogP contribution in [-0.4, -0.2) is 35.1 Å². The Morgan fingerprint density at radius 2 is 1.88 bits per heavy atom. The van der Waals surface area contributed by atoms with Gasteiger partial charge in [-0.3, -0.25) is 14.5 Å². The zero-order chi connectivity index (χ0) is 23.0. The first-order valence-electron chi connectivity index (χ1n) is 11.9. The third-order valence-electron chi connectivity index (χ3n) is 7.15. The highest BCUT2D eigenvalue weighted by atomic mass is 32.1. The van der Waals surface area contributed by atoms with E-state index in [0.717, 1.165) is 35.9 Å². The van der Waals surface area contributed by atoms with Crippen LogP contribution in [0.15, 0.2) is 41.8 Å². The van der Waals surface area contributed by atoms with Gasteiger partial charge in [0.25, 0.3) is 5.91 Å². The molecule has 174 valence electrons. The van der Waals surface area contributed by atoms with Gasteiger partial charge in [-0.15, -0.1) is 11.3 Å². The standard InChI is InChI=1S/C26H31N3O3S/c1-26(25(31)27-18-9-6-4-3-5-7-10-18)17-28-21-13-14-33-23(21)16-22(28)24(30)29(26)19-11-8-12-20(15-19)32-2/h8,11-16,18H,3-7,9-10,17H2,1-2H3,(H,27,31). The maximum absolute atomic E-state index is 13.9. The van der Waals surface area contributed by atoms with Crippen molar-refractivity contribution < 1.29 is 14.3 Å². The quantitative estimate of drug-likeness (QED) is 0.564. The Balaban J connectivity index is 1.55. The monoisotopic (exact) mass is 465 g/mol. The van der Waals surface area contributed by atoms with E-state index in [0.29, 0.717) is 23.7 Å². The van der Waals surface area contributed by atoms with Crippen molar-refractivity contribution in [3.05, 3.63) is 47.5 Å². The number of aromatic nitrogens is 1. The van der Waals surface area contributed by atoms with E-state index in [-0.39, 0.29) is 17.9 Å². The fraction of sp³-hybridized carbons (Fsp3) is 0.462. The molecule has 0 spiro atoms. The van der Waals surface area contributed by atoms with Crippen LogP contribution in [0.4, 0.5) is 5.69 Å². The Hall–Kier alpha value is -2.80. The van der Waals surface area contributed by atoms with Gasteiger partial charge >= 0.3 is 0 Å². The summed E-state index contributed by atoms with van der Waals surface area (Å²) in [4.78, 5) is 29.5. The second-order valence-corrected chi connectivity index (χ2v) is 10.4. The van der Waals surface area contributed by atoms with Crippen molar-refractivity contribution in [2.45, 2.75) is 70.0 Å². The zero-order valence-electron chi connectivity index (χ0n) is 19.3. The number of ether oxygens (including phenoxy) is 1. The molecule has 7 heteroatoms. The van der Waals surface area contributed by atoms with Gasteiger partial charge in [-0.05, 0) is 49.4 Å². The van der Waals surface area contributed by atoms with Gasteiger partial charge in [0.05, 0.1) is 23.9 Å². The smallest absolute Gasteiger partial charge is 0.275 e. The van der Waals surface area contributed by atoms with E-state index in [4.69, 9.17) is 4.74 Å². The molecule has 3 aromatic rings. The molecule has 1 aliphatic carbocycles. The zero-order valence-corrected chi connectivity index (χ0v) is 20.1. The molecule has 0 radical (unpaired) electrons. The first-order valence-corrected chi connectivity index (χ1v) is 12.8. The fourth-order valence-corrected chi connectivity index (χ4v) is 6.13. The third kappa shape index (κ3) is 3.92. The molecule has 1 aliphatic heterocycles. The molecule has 3 heterocycles. The highest BCUT2D eigenvalue weighted by molar-refractivity contribution is 7.17. The highest BCUT2D eigenvalue weighted by Crippen LogP contribution is 2.38. The lowest BCUT2D eigenvalue weighted by Crippen LogP contribution is -2.65. The number of hydrogen-bond acceptors (Lipinski definition) is 4. The largest absolute Gasteiger partial charge is 0.497 e. The minimum atomic E-state index is -1.06. The van der Waals surface area contributed by atoms with Gasteiger partial charge in [-0.25, -0.2) is 0 Å². The second-order valence-electron chi connectivity index (χ2n) is 9.42. The van der Waals surface area contributed by atoms with Gasteiger partial charge in [0.15, 0.2) is 0 Å². The Labute approximate surface area is 198 Å². The normalized spacial score (nSPS) is 22.0. The van der Waals surface area contributed by atoms with Crippen LogP contribution in [0.1, 0.15) is 62.4 Å². The van der Waals surface area contributed by atoms with Gasteiger partial charge < -0.3 is 14.6 Å². The van der Waals surface area contributed by atoms with Crippen LogP contribution in [0.3, 0.4) is 0 Å². The first kappa shape index (κ1) is 22.0. The summed E-state index contributed by atoms with van der Waals surface area (Å²) in [5, 5.41) is 5.37. The molecule has 2 aliphatic rings. The van der Waals surface area contributed by atoms with Crippen molar-refractivity contribution in [2.75, 3.05) is 12.0 Å². The molecule has 5 rings (SSSR count). The maximum atomic E-state index is 13.9. The van der Waals surface area contributed by atoms with Crippen molar-refractivity contribution in [2.24, 2.45) is 0 Å². The lowest BCUT2D eigenvalue weighted by Gasteiger charge is -2.44. The summed E-state index contributed by atoms with van der Waals surface area (Å²) in [6.45, 7) is 2.30. The second kappa shape index (κ2) is 8.86. The van der Waals surface area contributed by atoms with Crippen LogP contribution in [0, 0.1) is 0 Å². The fourth-order valence-electron chi connectivity index (χ4n) is 5.31. The number of nitrogens with zero attached hydrogens (tertiary/aromatic N) is 2. The van der Waals surface area contributed by atoms with Crippen molar-refractivity contribution in [1.29, 1.82) is 0 Å². The molecular weight excluding hydrogens is 434 g/mol. The average Bonchev–Trinajstić information content (AvgIpc) is 3.38. The van der Waals surface area contributed by atoms with E-state index >= 15 is 0 Å². The van der Waals surface area contributed by atoms with Crippen LogP contribution in [0.5, 0.6) is 5.75 Å². The predicted molar refractivity (Wildman–Crippen MR) is 132 cm³/mol. The van der Waals surface area contributed by atoms with Gasteiger partial charge in [-0.2, -0.15) is 0 Å². The van der Waals surface area contributed by atoms with Crippen LogP contribution in [-0.2, 0) is 11.3 Å². The van der Waals surface area contributed by atoms with Crippen molar-refractivity contribution in [3.63, 3.8) is 0 Å². The van der Waals surface area contributed by atoms with E-state index in [2.05, 4.69) is 5.32 Å². The predicted octanol–water partition coefficient (Wildman–Crippen LogP) is 5.36. The summed E-state index contributed by atoms with van der Waals surface area (Å²) in [5.74, 6) is 0.408. The number of hydrogen-bond donors (Lipinski definition) is 1. The molecule has 0 saturated heterocycles. The molecule has 1 fully saturated rings. The van der Waals surface area contributed by atoms with Crippen LogP contribution < -0.4 is 15.0 Å². The van der Waals surface area contributed by atoms with Gasteiger partial charge in [0, 0.05) is 17.8 Å². The summed E-state index contributed by atoms with van der Waals surface area (Å²) < 4.78 is 8.50. The van der Waals surface area contributed by atoms with Crippen molar-refractivity contribution >= 4 is 39.1 Å². The van der Waals surface area contributed by atoms with Crippen molar-refractivity contribution in [1.82, 2.24) is 9.88 Å². The average molecular weight is 466 g/mol. The number of benzene rings is 1. The Morgan fingerprint density at radius 1 is 1.12 bits per heavy atom. The SMILES string of the molecule is COc1cccc(N2C(=O)c3cc4sccc4n3CC2(C)C(=O)NC2CCCCCCC2)c1. The number of methoxy groups -OCH3 is 1. The summed E-state index contributed by atoms with van der Waals surface area (Å²) in [5.41, 5.74) is 1.24. The number of amides is 2. The van der Waals surface area contributed by atoms with Gasteiger partial charge in [0.1, 0.15) is 17.0 Å². The van der Waals surface area contributed by atoms with E-state index < -0.39 is 5.54 Å². The minimum Gasteiger partial charge on any atom is -0.497 e. The number of carbonyl (C=O) groups excluding carboxylic acids is 2. The van der Waals surface area contributed by atoms with Crippen molar-refractivity contribution in [3.8, 4) is 5.75 Å². The number of carbonyl (C=O) groups is 2. The molecule has 2 amide bonds. The number of anilines is 1. The van der Waals surface area contributed by atoms with Crippen LogP contribution in [0.25, 0.3) is 10.2 Å². The first-order chi connectivity index (χ1) is 16.0. The summed E-state index contributed by atoms with van der Waals surface area (Å²) in [7, 11) is 1.61. The van der Waals surface area contributed by atoms with Crippen LogP contribution in [0.2, 0.25) is 0 Å². The Kier molecular flexibility index (Phi) is 5.91. The molecule has 2 aromatic heterocycles. The lowest BCUT2D eigenvalue weighted by molar-refractivity contribution is -0.127. The molecule has 1 N–H and O–H groups in total. The highest BCUT2D eigenvalue weighted by Gasteiger charge is 2.49. The topological polar surface area (TPSA) is 63.6 Å². The number of nitrogens with one attached hydrogen (secondary N) is 1. The summed E-state index contributed by atoms with van der Waals surface area (Å²) in [6.07, 6.45) is 8.00. The Bertz CT molecular complexity index is 1170. The van der Waals surface area contributed by atoms with E-state index in [1.165, 1.54) is 19.3 Å². The molecule has 1 aromatic carbocycles. The molecule has 1 saturated carbocycles. The summed E-state index contributed by atoms with van der Waals surface area (Å²) >= 11 is 1.62. The van der Waals surface area contributed by atoms with E-state index in [1.807, 2.05) is 53.3 Å². The molecule has 0 bridgehead atoms. The Morgan fingerprint density at radius 3 is 2.64 bits per heavy atom. The van der Waals surface area contributed by atoms with Gasteiger partial charge in [-0.1, -0.05) is 38.2 Å². The number of rotatable bonds is 4. The molecule has 33 heavy (non-hydrogen) atoms. The van der Waals surface area contributed by atoms with Gasteiger partial charge in [0.2, 0.25) is 5.91 Å². The summed E-state index contributed by atoms with van der Waals surface area (Å²) in [6, 6.07) is 11.6. The molecule has 6 nitrogen and oxygen atoms in total. The van der Waals surface area contributed by atoms with Crippen LogP contribution >= 0.6 is 11.3 Å².